The molecule has 0 radical (unpaired) electrons. The van der Waals surface area contributed by atoms with Gasteiger partial charge in [0.25, 0.3) is 0 Å². The molecule has 0 unspecified atom stereocenters. The van der Waals surface area contributed by atoms with E-state index in [4.69, 9.17) is 4.42 Å². The minimum absolute atomic E-state index is 0.566. The Hall–Kier alpha value is -1.24. The molecule has 0 amide bonds. The molecule has 0 atom stereocenters. The summed E-state index contributed by atoms with van der Waals surface area (Å²) in [4.78, 5) is 2.30. The second-order valence-corrected chi connectivity index (χ2v) is 6.23. The van der Waals surface area contributed by atoms with Gasteiger partial charge in [-0.2, -0.15) is 0 Å². The van der Waals surface area contributed by atoms with Crippen LogP contribution < -0.4 is 5.32 Å². The van der Waals surface area contributed by atoms with E-state index < -0.39 is 0 Å². The summed E-state index contributed by atoms with van der Waals surface area (Å²) in [6.45, 7) is 2.87. The Kier molecular flexibility index (Phi) is 4.67. The Morgan fingerprint density at radius 1 is 1.29 bits per heavy atom. The number of hydrogen-bond acceptors (Lipinski definition) is 5. The van der Waals surface area contributed by atoms with Gasteiger partial charge in [-0.3, -0.25) is 4.90 Å². The molecule has 2 aromatic rings. The lowest BCUT2D eigenvalue weighted by atomic mass is 10.1. The van der Waals surface area contributed by atoms with Crippen LogP contribution in [0.5, 0.6) is 0 Å². The van der Waals surface area contributed by atoms with Gasteiger partial charge in [0.15, 0.2) is 0 Å². The van der Waals surface area contributed by atoms with E-state index in [9.17, 15) is 0 Å². The maximum Gasteiger partial charge on any atom is 0.248 e. The summed E-state index contributed by atoms with van der Waals surface area (Å²) in [6, 6.07) is 8.46. The SMILES string of the molecule is CN(Cc1nnc(-c2ccccc2Br)o1)C1CCNCC1. The fourth-order valence-electron chi connectivity index (χ4n) is 2.65. The lowest BCUT2D eigenvalue weighted by Crippen LogP contribution is -2.40. The molecule has 1 aromatic heterocycles. The highest BCUT2D eigenvalue weighted by atomic mass is 79.9. The number of nitrogens with zero attached hydrogens (tertiary/aromatic N) is 3. The molecular weight excluding hydrogens is 332 g/mol. The number of hydrogen-bond donors (Lipinski definition) is 1. The molecular formula is C15H19BrN4O. The molecule has 0 aliphatic carbocycles. The smallest absolute Gasteiger partial charge is 0.248 e. The maximum absolute atomic E-state index is 5.80. The average Bonchev–Trinajstić information content (AvgIpc) is 2.97. The predicted octanol–water partition coefficient (Wildman–Crippen LogP) is 2.68. The molecule has 1 aromatic carbocycles. The van der Waals surface area contributed by atoms with Gasteiger partial charge in [-0.05, 0) is 61.0 Å². The van der Waals surface area contributed by atoms with E-state index in [1.165, 1.54) is 12.8 Å². The van der Waals surface area contributed by atoms with Crippen LogP contribution in [0.1, 0.15) is 18.7 Å². The molecule has 1 saturated heterocycles. The van der Waals surface area contributed by atoms with Crippen molar-refractivity contribution in [3.05, 3.63) is 34.6 Å². The maximum atomic E-state index is 5.80. The largest absolute Gasteiger partial charge is 0.419 e. The van der Waals surface area contributed by atoms with Crippen LogP contribution in [-0.4, -0.2) is 41.3 Å². The number of benzene rings is 1. The molecule has 0 bridgehead atoms. The van der Waals surface area contributed by atoms with Crippen molar-refractivity contribution in [2.45, 2.75) is 25.4 Å². The van der Waals surface area contributed by atoms with Crippen molar-refractivity contribution in [1.29, 1.82) is 0 Å². The van der Waals surface area contributed by atoms with Crippen LogP contribution in [0.2, 0.25) is 0 Å². The van der Waals surface area contributed by atoms with Crippen molar-refractivity contribution in [1.82, 2.24) is 20.4 Å². The molecule has 1 N–H and O–H groups in total. The lowest BCUT2D eigenvalue weighted by Gasteiger charge is -2.30. The summed E-state index contributed by atoms with van der Waals surface area (Å²) >= 11 is 3.51. The molecule has 21 heavy (non-hydrogen) atoms. The van der Waals surface area contributed by atoms with E-state index in [0.29, 0.717) is 24.4 Å². The van der Waals surface area contributed by atoms with Gasteiger partial charge in [0.2, 0.25) is 11.8 Å². The molecule has 0 spiro atoms. The van der Waals surface area contributed by atoms with E-state index in [2.05, 4.69) is 43.4 Å². The number of piperidine rings is 1. The van der Waals surface area contributed by atoms with Crippen LogP contribution in [0.25, 0.3) is 11.5 Å². The van der Waals surface area contributed by atoms with Crippen LogP contribution in [0.4, 0.5) is 0 Å². The zero-order chi connectivity index (χ0) is 14.7. The number of aromatic nitrogens is 2. The van der Waals surface area contributed by atoms with Gasteiger partial charge < -0.3 is 9.73 Å². The molecule has 6 heteroatoms. The highest BCUT2D eigenvalue weighted by molar-refractivity contribution is 9.10. The number of rotatable bonds is 4. The van der Waals surface area contributed by atoms with Crippen LogP contribution in [-0.2, 0) is 6.54 Å². The van der Waals surface area contributed by atoms with Crippen molar-refractivity contribution < 1.29 is 4.42 Å². The highest BCUT2D eigenvalue weighted by Crippen LogP contribution is 2.27. The molecule has 112 valence electrons. The summed E-state index contributed by atoms with van der Waals surface area (Å²) in [5.74, 6) is 1.23. The normalized spacial score (nSPS) is 16.5. The van der Waals surface area contributed by atoms with Gasteiger partial charge in [0.1, 0.15) is 0 Å². The van der Waals surface area contributed by atoms with Crippen LogP contribution in [0.3, 0.4) is 0 Å². The van der Waals surface area contributed by atoms with Crippen molar-refractivity contribution >= 4 is 15.9 Å². The second kappa shape index (κ2) is 6.68. The first kappa shape index (κ1) is 14.7. The summed E-state index contributed by atoms with van der Waals surface area (Å²) < 4.78 is 6.77. The first-order chi connectivity index (χ1) is 10.2. The van der Waals surface area contributed by atoms with E-state index >= 15 is 0 Å². The molecule has 1 aliphatic rings. The third-order valence-corrected chi connectivity index (χ3v) is 4.58. The van der Waals surface area contributed by atoms with E-state index in [1.807, 2.05) is 24.3 Å². The van der Waals surface area contributed by atoms with Gasteiger partial charge >= 0.3 is 0 Å². The topological polar surface area (TPSA) is 54.2 Å². The average molecular weight is 351 g/mol. The van der Waals surface area contributed by atoms with Gasteiger partial charge in [-0.1, -0.05) is 12.1 Å². The highest BCUT2D eigenvalue weighted by Gasteiger charge is 2.20. The van der Waals surface area contributed by atoms with E-state index in [-0.39, 0.29) is 0 Å². The second-order valence-electron chi connectivity index (χ2n) is 5.38. The van der Waals surface area contributed by atoms with E-state index in [0.717, 1.165) is 23.1 Å². The van der Waals surface area contributed by atoms with Crippen molar-refractivity contribution in [2.75, 3.05) is 20.1 Å². The van der Waals surface area contributed by atoms with Crippen LogP contribution in [0, 0.1) is 0 Å². The number of halogens is 1. The molecule has 5 nitrogen and oxygen atoms in total. The standard InChI is InChI=1S/C15H19BrN4O/c1-20(11-6-8-17-9-7-11)10-14-18-19-15(21-14)12-4-2-3-5-13(12)16/h2-5,11,17H,6-10H2,1H3. The third-order valence-electron chi connectivity index (χ3n) is 3.89. The van der Waals surface area contributed by atoms with Gasteiger partial charge in [0.05, 0.1) is 12.1 Å². The Bertz CT molecular complexity index is 595. The Morgan fingerprint density at radius 3 is 2.81 bits per heavy atom. The lowest BCUT2D eigenvalue weighted by molar-refractivity contribution is 0.177. The quantitative estimate of drug-likeness (QED) is 0.918. The van der Waals surface area contributed by atoms with Crippen LogP contribution in [0.15, 0.2) is 33.2 Å². The third kappa shape index (κ3) is 3.51. The van der Waals surface area contributed by atoms with Gasteiger partial charge in [-0.25, -0.2) is 0 Å². The molecule has 1 aliphatic heterocycles. The fourth-order valence-corrected chi connectivity index (χ4v) is 3.11. The number of nitrogens with one attached hydrogen (secondary N) is 1. The summed E-state index contributed by atoms with van der Waals surface area (Å²) in [6.07, 6.45) is 2.34. The zero-order valence-electron chi connectivity index (χ0n) is 12.1. The first-order valence-corrected chi connectivity index (χ1v) is 8.01. The Morgan fingerprint density at radius 2 is 2.05 bits per heavy atom. The monoisotopic (exact) mass is 350 g/mol. The first-order valence-electron chi connectivity index (χ1n) is 7.22. The zero-order valence-corrected chi connectivity index (χ0v) is 13.6. The van der Waals surface area contributed by atoms with Crippen molar-refractivity contribution in [3.8, 4) is 11.5 Å². The summed E-state index contributed by atoms with van der Waals surface area (Å²) in [5, 5.41) is 11.7. The Labute approximate surface area is 132 Å². The van der Waals surface area contributed by atoms with Gasteiger partial charge in [0, 0.05) is 10.5 Å². The molecule has 1 fully saturated rings. The molecule has 2 heterocycles. The fraction of sp³-hybridized carbons (Fsp3) is 0.467. The molecule has 0 saturated carbocycles. The molecule has 3 rings (SSSR count). The predicted molar refractivity (Wildman–Crippen MR) is 84.8 cm³/mol. The summed E-state index contributed by atoms with van der Waals surface area (Å²) in [7, 11) is 2.12. The van der Waals surface area contributed by atoms with Crippen molar-refractivity contribution in [2.24, 2.45) is 0 Å². The van der Waals surface area contributed by atoms with Crippen molar-refractivity contribution in [3.63, 3.8) is 0 Å². The van der Waals surface area contributed by atoms with Crippen LogP contribution >= 0.6 is 15.9 Å². The van der Waals surface area contributed by atoms with E-state index in [1.54, 1.807) is 0 Å². The van der Waals surface area contributed by atoms with Gasteiger partial charge in [-0.15, -0.1) is 10.2 Å². The Balaban J connectivity index is 1.69. The minimum Gasteiger partial charge on any atom is -0.419 e. The summed E-state index contributed by atoms with van der Waals surface area (Å²) in [5.41, 5.74) is 0.931. The minimum atomic E-state index is 0.566.